The Morgan fingerprint density at radius 2 is 1.93 bits per heavy atom. The van der Waals surface area contributed by atoms with Crippen LogP contribution in [-0.2, 0) is 26.2 Å². The SMILES string of the molecule is CCOc1ccccc1C(CO)S(=O)(=O)NC(=O)c1ccc(COC(C)=O)nc1. The monoisotopic (exact) mass is 422 g/mol. The molecular weight excluding hydrogens is 400 g/mol. The van der Waals surface area contributed by atoms with Crippen molar-refractivity contribution >= 4 is 21.9 Å². The van der Waals surface area contributed by atoms with Crippen LogP contribution in [0.15, 0.2) is 42.6 Å². The first kappa shape index (κ1) is 22.3. The predicted octanol–water partition coefficient (Wildman–Crippen LogP) is 1.34. The lowest BCUT2D eigenvalue weighted by atomic mass is 10.1. The van der Waals surface area contributed by atoms with E-state index in [-0.39, 0.29) is 17.7 Å². The number of esters is 1. The van der Waals surface area contributed by atoms with E-state index in [1.54, 1.807) is 25.1 Å². The van der Waals surface area contributed by atoms with E-state index in [1.165, 1.54) is 31.3 Å². The molecule has 1 atom stereocenters. The van der Waals surface area contributed by atoms with Crippen molar-refractivity contribution < 1.29 is 32.6 Å². The molecule has 2 aromatic rings. The number of pyridine rings is 1. The number of sulfonamides is 1. The molecule has 9 nitrogen and oxygen atoms in total. The van der Waals surface area contributed by atoms with Crippen molar-refractivity contribution in [2.45, 2.75) is 25.7 Å². The molecule has 0 aliphatic carbocycles. The number of benzene rings is 1. The zero-order chi connectivity index (χ0) is 21.4. The van der Waals surface area contributed by atoms with Crippen LogP contribution in [0.2, 0.25) is 0 Å². The van der Waals surface area contributed by atoms with E-state index in [0.717, 1.165) is 0 Å². The van der Waals surface area contributed by atoms with Crippen molar-refractivity contribution in [3.05, 3.63) is 59.4 Å². The Kier molecular flexibility index (Phi) is 7.68. The average molecular weight is 422 g/mol. The van der Waals surface area contributed by atoms with Crippen molar-refractivity contribution in [3.63, 3.8) is 0 Å². The normalized spacial score (nSPS) is 12.1. The number of aromatic nitrogens is 1. The standard InChI is InChI=1S/C19H22N2O7S/c1-3-27-17-7-5-4-6-16(17)18(11-22)29(25,26)21-19(24)14-8-9-15(20-10-14)12-28-13(2)23/h4-10,18,22H,3,11-12H2,1-2H3,(H,21,24). The van der Waals surface area contributed by atoms with Gasteiger partial charge in [-0.1, -0.05) is 18.2 Å². The highest BCUT2D eigenvalue weighted by atomic mass is 32.2. The van der Waals surface area contributed by atoms with Gasteiger partial charge in [0.05, 0.1) is 24.5 Å². The Labute approximate surface area is 168 Å². The number of carbonyl (C=O) groups excluding carboxylic acids is 2. The third kappa shape index (κ3) is 6.00. The van der Waals surface area contributed by atoms with Gasteiger partial charge in [-0.15, -0.1) is 0 Å². The van der Waals surface area contributed by atoms with Gasteiger partial charge in [-0.3, -0.25) is 14.6 Å². The second kappa shape index (κ2) is 9.99. The van der Waals surface area contributed by atoms with Crippen LogP contribution >= 0.6 is 0 Å². The summed E-state index contributed by atoms with van der Waals surface area (Å²) in [7, 11) is -4.27. The lowest BCUT2D eigenvalue weighted by Crippen LogP contribution is -2.36. The molecule has 0 fully saturated rings. The molecule has 1 aromatic heterocycles. The average Bonchev–Trinajstić information content (AvgIpc) is 2.68. The molecule has 10 heteroatoms. The van der Waals surface area contributed by atoms with Gasteiger partial charge in [0.1, 0.15) is 17.6 Å². The summed E-state index contributed by atoms with van der Waals surface area (Å²) in [4.78, 5) is 27.1. The van der Waals surface area contributed by atoms with Gasteiger partial charge >= 0.3 is 5.97 Å². The van der Waals surface area contributed by atoms with Gasteiger partial charge in [0.15, 0.2) is 0 Å². The number of carbonyl (C=O) groups is 2. The van der Waals surface area contributed by atoms with Gasteiger partial charge in [0.2, 0.25) is 10.0 Å². The van der Waals surface area contributed by atoms with Crippen LogP contribution in [0.1, 0.15) is 40.7 Å². The summed E-state index contributed by atoms with van der Waals surface area (Å²) < 4.78 is 37.6. The summed E-state index contributed by atoms with van der Waals surface area (Å²) in [5.74, 6) is -1.06. The molecule has 1 amide bonds. The minimum absolute atomic E-state index is 0.00469. The fraction of sp³-hybridized carbons (Fsp3) is 0.316. The van der Waals surface area contributed by atoms with E-state index >= 15 is 0 Å². The van der Waals surface area contributed by atoms with Gasteiger partial charge < -0.3 is 14.6 Å². The van der Waals surface area contributed by atoms with Gasteiger partial charge in [-0.25, -0.2) is 13.1 Å². The third-order valence-electron chi connectivity index (χ3n) is 3.85. The molecule has 0 saturated heterocycles. The molecule has 1 unspecified atom stereocenters. The third-order valence-corrected chi connectivity index (χ3v) is 5.47. The summed E-state index contributed by atoms with van der Waals surface area (Å²) >= 11 is 0. The molecule has 0 saturated carbocycles. The maximum absolute atomic E-state index is 12.7. The number of aliphatic hydroxyl groups excluding tert-OH is 1. The van der Waals surface area contributed by atoms with Crippen molar-refractivity contribution in [2.75, 3.05) is 13.2 Å². The molecule has 2 N–H and O–H groups in total. The zero-order valence-corrected chi connectivity index (χ0v) is 16.8. The maximum atomic E-state index is 12.7. The number of amides is 1. The Balaban J connectivity index is 2.18. The minimum Gasteiger partial charge on any atom is -0.494 e. The van der Waals surface area contributed by atoms with Crippen LogP contribution in [0.5, 0.6) is 5.75 Å². The van der Waals surface area contributed by atoms with E-state index < -0.39 is 33.8 Å². The van der Waals surface area contributed by atoms with Crippen molar-refractivity contribution in [1.29, 1.82) is 0 Å². The molecular formula is C19H22N2O7S. The van der Waals surface area contributed by atoms with E-state index in [0.29, 0.717) is 18.1 Å². The smallest absolute Gasteiger partial charge is 0.303 e. The lowest BCUT2D eigenvalue weighted by molar-refractivity contribution is -0.142. The fourth-order valence-electron chi connectivity index (χ4n) is 2.48. The molecule has 1 aromatic carbocycles. The van der Waals surface area contributed by atoms with Crippen LogP contribution in [0.3, 0.4) is 0 Å². The molecule has 156 valence electrons. The summed E-state index contributed by atoms with van der Waals surface area (Å²) in [5.41, 5.74) is 0.639. The number of nitrogens with zero attached hydrogens (tertiary/aromatic N) is 1. The number of nitrogens with one attached hydrogen (secondary N) is 1. The first-order valence-electron chi connectivity index (χ1n) is 8.75. The van der Waals surface area contributed by atoms with Crippen LogP contribution in [-0.4, -0.2) is 43.6 Å². The Morgan fingerprint density at radius 3 is 2.52 bits per heavy atom. The molecule has 0 spiro atoms. The highest BCUT2D eigenvalue weighted by Gasteiger charge is 2.31. The predicted molar refractivity (Wildman–Crippen MR) is 104 cm³/mol. The second-order valence-electron chi connectivity index (χ2n) is 5.94. The Hall–Kier alpha value is -2.98. The van der Waals surface area contributed by atoms with Gasteiger partial charge in [0, 0.05) is 18.7 Å². The van der Waals surface area contributed by atoms with E-state index in [1.807, 2.05) is 4.72 Å². The fourth-order valence-corrected chi connectivity index (χ4v) is 3.72. The molecule has 0 aliphatic heterocycles. The number of rotatable bonds is 9. The van der Waals surface area contributed by atoms with Crippen molar-refractivity contribution in [1.82, 2.24) is 9.71 Å². The van der Waals surface area contributed by atoms with Crippen LogP contribution in [0, 0.1) is 0 Å². The molecule has 1 heterocycles. The molecule has 29 heavy (non-hydrogen) atoms. The van der Waals surface area contributed by atoms with E-state index in [4.69, 9.17) is 9.47 Å². The highest BCUT2D eigenvalue weighted by molar-refractivity contribution is 7.90. The number of ether oxygens (including phenoxy) is 2. The largest absolute Gasteiger partial charge is 0.494 e. The summed E-state index contributed by atoms with van der Waals surface area (Å²) in [6, 6.07) is 9.20. The number of aliphatic hydroxyl groups is 1. The lowest BCUT2D eigenvalue weighted by Gasteiger charge is -2.19. The highest BCUT2D eigenvalue weighted by Crippen LogP contribution is 2.30. The van der Waals surface area contributed by atoms with Gasteiger partial charge in [-0.05, 0) is 25.1 Å². The van der Waals surface area contributed by atoms with Gasteiger partial charge in [0.25, 0.3) is 5.91 Å². The molecule has 0 bridgehead atoms. The minimum atomic E-state index is -4.27. The molecule has 0 aliphatic rings. The summed E-state index contributed by atoms with van der Waals surface area (Å²) in [5, 5.41) is 8.29. The topological polar surface area (TPSA) is 132 Å². The number of hydrogen-bond donors (Lipinski definition) is 2. The van der Waals surface area contributed by atoms with E-state index in [9.17, 15) is 23.1 Å². The van der Waals surface area contributed by atoms with Crippen LogP contribution in [0.4, 0.5) is 0 Å². The first-order chi connectivity index (χ1) is 13.8. The molecule has 0 radical (unpaired) electrons. The van der Waals surface area contributed by atoms with Crippen LogP contribution < -0.4 is 9.46 Å². The summed E-state index contributed by atoms with van der Waals surface area (Å²) in [6.45, 7) is 2.52. The summed E-state index contributed by atoms with van der Waals surface area (Å²) in [6.07, 6.45) is 1.17. The zero-order valence-electron chi connectivity index (χ0n) is 16.0. The number of hydrogen-bond acceptors (Lipinski definition) is 8. The Morgan fingerprint density at radius 1 is 1.21 bits per heavy atom. The first-order valence-corrected chi connectivity index (χ1v) is 10.3. The Bertz CT molecular complexity index is 959. The van der Waals surface area contributed by atoms with Crippen LogP contribution in [0.25, 0.3) is 0 Å². The van der Waals surface area contributed by atoms with E-state index in [2.05, 4.69) is 4.98 Å². The maximum Gasteiger partial charge on any atom is 0.303 e. The van der Waals surface area contributed by atoms with Gasteiger partial charge in [-0.2, -0.15) is 0 Å². The van der Waals surface area contributed by atoms with Crippen molar-refractivity contribution in [3.8, 4) is 5.75 Å². The quantitative estimate of drug-likeness (QED) is 0.579. The second-order valence-corrected chi connectivity index (χ2v) is 7.80. The van der Waals surface area contributed by atoms with Crippen molar-refractivity contribution in [2.24, 2.45) is 0 Å². The molecule has 2 rings (SSSR count). The number of para-hydroxylation sites is 1.